The second kappa shape index (κ2) is 4.56. The molecule has 1 aromatic heterocycles. The first-order valence-corrected chi connectivity index (χ1v) is 5.71. The zero-order valence-corrected chi connectivity index (χ0v) is 10.5. The number of aryl methyl sites for hydroxylation is 2. The van der Waals surface area contributed by atoms with Crippen LogP contribution in [0.25, 0.3) is 11.3 Å². The van der Waals surface area contributed by atoms with Gasteiger partial charge >= 0.3 is 0 Å². The summed E-state index contributed by atoms with van der Waals surface area (Å²) < 4.78 is 72.2. The van der Waals surface area contributed by atoms with E-state index in [1.165, 1.54) is 12.1 Å². The van der Waals surface area contributed by atoms with Crippen molar-refractivity contribution in [2.45, 2.75) is 32.9 Å². The Balaban J connectivity index is 2.80. The smallest absolute Gasteiger partial charge is 0.201 e. The zero-order chi connectivity index (χ0) is 20.8. The third kappa shape index (κ3) is 2.45. The Bertz CT molecular complexity index is 795. The molecular weight excluding hydrogens is 218 g/mol. The van der Waals surface area contributed by atoms with Crippen molar-refractivity contribution in [2.24, 2.45) is 7.05 Å². The molecule has 0 aliphatic heterocycles. The Morgan fingerprint density at radius 2 is 1.89 bits per heavy atom. The molecule has 0 atom stereocenters. The van der Waals surface area contributed by atoms with E-state index in [0.717, 1.165) is 11.3 Å². The number of hydrogen-bond acceptors (Lipinski definition) is 0. The highest BCUT2D eigenvalue weighted by Crippen LogP contribution is 2.27. The molecule has 0 unspecified atom stereocenters. The maximum absolute atomic E-state index is 7.82. The normalized spacial score (nSPS) is 21.1. The van der Waals surface area contributed by atoms with Crippen molar-refractivity contribution in [1.82, 2.24) is 0 Å². The van der Waals surface area contributed by atoms with Gasteiger partial charge in [-0.25, -0.2) is 4.57 Å². The van der Waals surface area contributed by atoms with Crippen molar-refractivity contribution in [1.29, 1.82) is 0 Å². The predicted octanol–water partition coefficient (Wildman–Crippen LogP) is 3.78. The first kappa shape index (κ1) is 5.56. The quantitative estimate of drug-likeness (QED) is 0.677. The van der Waals surface area contributed by atoms with Crippen molar-refractivity contribution in [3.63, 3.8) is 0 Å². The topological polar surface area (TPSA) is 3.88 Å². The van der Waals surface area contributed by atoms with Gasteiger partial charge in [-0.2, -0.15) is 0 Å². The van der Waals surface area contributed by atoms with Gasteiger partial charge in [-0.3, -0.25) is 0 Å². The molecule has 1 heteroatoms. The molecule has 0 bridgehead atoms. The number of hydrogen-bond donors (Lipinski definition) is 0. The highest BCUT2D eigenvalue weighted by Gasteiger charge is 2.17. The van der Waals surface area contributed by atoms with Gasteiger partial charge in [0.05, 0.1) is 0 Å². The minimum atomic E-state index is -3.26. The summed E-state index contributed by atoms with van der Waals surface area (Å²) >= 11 is 0. The van der Waals surface area contributed by atoms with Crippen LogP contribution in [-0.2, 0) is 12.5 Å². The van der Waals surface area contributed by atoms with Gasteiger partial charge in [0.2, 0.25) is 5.69 Å². The summed E-state index contributed by atoms with van der Waals surface area (Å²) in [4.78, 5) is 0. The minimum Gasteiger partial charge on any atom is -0.201 e. The molecular formula is C17H22N+. The fourth-order valence-corrected chi connectivity index (χ4v) is 1.99. The first-order valence-electron chi connectivity index (χ1n) is 10.2. The summed E-state index contributed by atoms with van der Waals surface area (Å²) in [5, 5.41) is 0. The molecule has 0 aliphatic carbocycles. The van der Waals surface area contributed by atoms with Crippen LogP contribution in [0, 0.1) is 6.92 Å². The lowest BCUT2D eigenvalue weighted by Crippen LogP contribution is -2.30. The van der Waals surface area contributed by atoms with E-state index in [9.17, 15) is 0 Å². The number of benzene rings is 1. The van der Waals surface area contributed by atoms with Crippen LogP contribution in [-0.4, -0.2) is 0 Å². The average molecular weight is 249 g/mol. The Morgan fingerprint density at radius 1 is 1.11 bits per heavy atom. The number of pyridine rings is 1. The molecule has 1 heterocycles. The molecule has 1 aromatic carbocycles. The molecule has 0 saturated heterocycles. The van der Waals surface area contributed by atoms with Gasteiger partial charge in [0.25, 0.3) is 0 Å². The van der Waals surface area contributed by atoms with E-state index in [0.29, 0.717) is 5.56 Å². The molecule has 2 aromatic rings. The van der Waals surface area contributed by atoms with Crippen LogP contribution >= 0.6 is 0 Å². The van der Waals surface area contributed by atoms with Crippen molar-refractivity contribution < 1.29 is 16.9 Å². The monoisotopic (exact) mass is 249 g/mol. The van der Waals surface area contributed by atoms with E-state index < -0.39 is 26.0 Å². The second-order valence-corrected chi connectivity index (χ2v) is 4.48. The maximum atomic E-state index is 7.82. The Labute approximate surface area is 123 Å². The van der Waals surface area contributed by atoms with Crippen LogP contribution in [0.15, 0.2) is 42.6 Å². The lowest BCUT2D eigenvalue weighted by molar-refractivity contribution is -0.660. The lowest BCUT2D eigenvalue weighted by Gasteiger charge is -2.20. The maximum Gasteiger partial charge on any atom is 0.212 e. The third-order valence-corrected chi connectivity index (χ3v) is 2.99. The van der Waals surface area contributed by atoms with Gasteiger partial charge in [-0.1, -0.05) is 32.7 Å². The number of rotatable bonds is 1. The third-order valence-electron chi connectivity index (χ3n) is 2.99. The summed E-state index contributed by atoms with van der Waals surface area (Å²) in [6, 6.07) is 9.83. The van der Waals surface area contributed by atoms with Crippen molar-refractivity contribution >= 4 is 0 Å². The molecule has 18 heavy (non-hydrogen) atoms. The van der Waals surface area contributed by atoms with Crippen LogP contribution in [0.2, 0.25) is 0 Å². The number of nitrogens with zero attached hydrogens (tertiary/aromatic N) is 1. The fraction of sp³-hybridized carbons (Fsp3) is 0.353. The average Bonchev–Trinajstić information content (AvgIpc) is 2.44. The summed E-state index contributed by atoms with van der Waals surface area (Å²) in [7, 11) is 1.85. The molecule has 0 saturated carbocycles. The minimum absolute atomic E-state index is 0.234. The zero-order valence-electron chi connectivity index (χ0n) is 19.5. The van der Waals surface area contributed by atoms with E-state index in [-0.39, 0.29) is 5.56 Å². The highest BCUT2D eigenvalue weighted by atomic mass is 14.9. The standard InChI is InChI=1S/C17H22N/c1-13-12-14(17(2,3)4)9-10-15(13)16-8-6-7-11-18(16)5/h6-12H,1-5H3/q+1/i2D3,3D3,4D3. The second-order valence-electron chi connectivity index (χ2n) is 4.48. The Kier molecular flexibility index (Phi) is 1.41. The highest BCUT2D eigenvalue weighted by molar-refractivity contribution is 5.61. The summed E-state index contributed by atoms with van der Waals surface area (Å²) in [5.74, 6) is 0. The van der Waals surface area contributed by atoms with E-state index in [4.69, 9.17) is 12.3 Å². The van der Waals surface area contributed by atoms with Gasteiger partial charge in [0, 0.05) is 30.0 Å². The van der Waals surface area contributed by atoms with E-state index in [1.54, 1.807) is 13.0 Å². The molecule has 0 radical (unpaired) electrons. The molecule has 0 fully saturated rings. The van der Waals surface area contributed by atoms with E-state index in [1.807, 2.05) is 36.0 Å². The molecule has 0 N–H and O–H groups in total. The molecule has 2 rings (SSSR count). The fourth-order valence-electron chi connectivity index (χ4n) is 1.99. The Morgan fingerprint density at radius 3 is 2.50 bits per heavy atom. The largest absolute Gasteiger partial charge is 0.212 e. The van der Waals surface area contributed by atoms with Crippen LogP contribution in [0.4, 0.5) is 0 Å². The van der Waals surface area contributed by atoms with Gasteiger partial charge in [0.1, 0.15) is 7.05 Å². The summed E-state index contributed by atoms with van der Waals surface area (Å²) in [5.41, 5.74) is -1.02. The van der Waals surface area contributed by atoms with E-state index >= 15 is 0 Å². The predicted molar refractivity (Wildman–Crippen MR) is 76.5 cm³/mol. The van der Waals surface area contributed by atoms with Crippen molar-refractivity contribution in [2.75, 3.05) is 0 Å². The number of aromatic nitrogens is 1. The van der Waals surface area contributed by atoms with Crippen LogP contribution < -0.4 is 4.57 Å². The molecule has 0 aliphatic rings. The molecule has 0 amide bonds. The van der Waals surface area contributed by atoms with Crippen molar-refractivity contribution in [3.8, 4) is 11.3 Å². The SMILES string of the molecule is [2H]C([2H])([2H])C(c1ccc(-c2cccc[n+]2C)c(C)c1)(C([2H])([2H])[2H])C([2H])([2H])[2H]. The van der Waals surface area contributed by atoms with Gasteiger partial charge < -0.3 is 0 Å². The van der Waals surface area contributed by atoms with Gasteiger partial charge in [-0.05, 0) is 35.6 Å². The Hall–Kier alpha value is -1.63. The molecule has 1 nitrogen and oxygen atoms in total. The summed E-state index contributed by atoms with van der Waals surface area (Å²) in [6.45, 7) is -8.06. The van der Waals surface area contributed by atoms with Crippen LogP contribution in [0.5, 0.6) is 0 Å². The molecule has 94 valence electrons. The summed E-state index contributed by atoms with van der Waals surface area (Å²) in [6.07, 6.45) is 1.85. The first-order chi connectivity index (χ1) is 12.1. The lowest BCUT2D eigenvalue weighted by atomic mass is 9.85. The van der Waals surface area contributed by atoms with Gasteiger partial charge in [0.15, 0.2) is 6.20 Å². The van der Waals surface area contributed by atoms with Crippen molar-refractivity contribution in [3.05, 3.63) is 53.7 Å². The van der Waals surface area contributed by atoms with Crippen LogP contribution in [0.1, 0.15) is 44.0 Å². The van der Waals surface area contributed by atoms with Crippen LogP contribution in [0.3, 0.4) is 0 Å². The van der Waals surface area contributed by atoms with Gasteiger partial charge in [-0.15, -0.1) is 0 Å². The van der Waals surface area contributed by atoms with E-state index in [2.05, 4.69) is 0 Å². The molecule has 0 spiro atoms.